The van der Waals surface area contributed by atoms with Gasteiger partial charge in [0.05, 0.1) is 5.56 Å². The highest BCUT2D eigenvalue weighted by molar-refractivity contribution is 6.03. The first kappa shape index (κ1) is 15.9. The van der Waals surface area contributed by atoms with Crippen molar-refractivity contribution in [2.45, 2.75) is 26.7 Å². The van der Waals surface area contributed by atoms with Crippen LogP contribution in [-0.4, -0.2) is 29.5 Å². The molecule has 0 saturated heterocycles. The lowest BCUT2D eigenvalue weighted by Gasteiger charge is -2.16. The van der Waals surface area contributed by atoms with Gasteiger partial charge in [-0.2, -0.15) is 0 Å². The second-order valence-electron chi connectivity index (χ2n) is 5.37. The van der Waals surface area contributed by atoms with Crippen LogP contribution in [0.2, 0.25) is 0 Å². The molecule has 22 heavy (non-hydrogen) atoms. The van der Waals surface area contributed by atoms with Crippen LogP contribution in [0.4, 0.5) is 11.6 Å². The number of benzene rings is 1. The van der Waals surface area contributed by atoms with Crippen LogP contribution in [-0.2, 0) is 0 Å². The van der Waals surface area contributed by atoms with Crippen LogP contribution >= 0.6 is 0 Å². The van der Waals surface area contributed by atoms with E-state index in [4.69, 9.17) is 0 Å². The van der Waals surface area contributed by atoms with Gasteiger partial charge in [0.1, 0.15) is 0 Å². The number of amides is 1. The van der Waals surface area contributed by atoms with Crippen LogP contribution in [0.25, 0.3) is 0 Å². The molecule has 0 unspecified atom stereocenters. The standard InChI is InChI=1S/C17H22N4O/c1-4-5-10-21(3)17-18-11-14(12-19-17)16(22)20-15-8-6-13(2)7-9-15/h6-9,11-12H,4-5,10H2,1-3H3,(H,20,22). The molecule has 1 aromatic carbocycles. The summed E-state index contributed by atoms with van der Waals surface area (Å²) in [5.41, 5.74) is 2.37. The van der Waals surface area contributed by atoms with Crippen molar-refractivity contribution in [1.82, 2.24) is 9.97 Å². The molecule has 2 aromatic rings. The Labute approximate surface area is 131 Å². The monoisotopic (exact) mass is 298 g/mol. The number of hydrogen-bond acceptors (Lipinski definition) is 4. The normalized spacial score (nSPS) is 10.3. The molecule has 1 amide bonds. The van der Waals surface area contributed by atoms with E-state index >= 15 is 0 Å². The van der Waals surface area contributed by atoms with Crippen molar-refractivity contribution in [2.24, 2.45) is 0 Å². The van der Waals surface area contributed by atoms with Gasteiger partial charge in [0, 0.05) is 31.7 Å². The molecule has 0 spiro atoms. The Bertz CT molecular complexity index is 608. The fourth-order valence-electron chi connectivity index (χ4n) is 1.97. The van der Waals surface area contributed by atoms with E-state index in [1.807, 2.05) is 43.1 Å². The Kier molecular flexibility index (Phi) is 5.47. The molecule has 0 fully saturated rings. The van der Waals surface area contributed by atoms with E-state index in [0.717, 1.165) is 30.6 Å². The van der Waals surface area contributed by atoms with Gasteiger partial charge in [-0.1, -0.05) is 31.0 Å². The van der Waals surface area contributed by atoms with Crippen molar-refractivity contribution < 1.29 is 4.79 Å². The molecule has 0 atom stereocenters. The summed E-state index contributed by atoms with van der Waals surface area (Å²) in [6.07, 6.45) is 5.35. The molecule has 1 aromatic heterocycles. The van der Waals surface area contributed by atoms with Crippen LogP contribution in [0.3, 0.4) is 0 Å². The second kappa shape index (κ2) is 7.54. The second-order valence-corrected chi connectivity index (χ2v) is 5.37. The molecule has 1 N–H and O–H groups in total. The maximum Gasteiger partial charge on any atom is 0.258 e. The van der Waals surface area contributed by atoms with Gasteiger partial charge in [-0.25, -0.2) is 9.97 Å². The van der Waals surface area contributed by atoms with E-state index in [0.29, 0.717) is 11.5 Å². The highest BCUT2D eigenvalue weighted by Crippen LogP contribution is 2.11. The van der Waals surface area contributed by atoms with Gasteiger partial charge < -0.3 is 10.2 Å². The zero-order valence-electron chi connectivity index (χ0n) is 13.3. The summed E-state index contributed by atoms with van der Waals surface area (Å²) in [6.45, 7) is 5.06. The van der Waals surface area contributed by atoms with Crippen LogP contribution in [0.5, 0.6) is 0 Å². The molecular formula is C17H22N4O. The molecule has 0 aliphatic carbocycles. The number of rotatable bonds is 6. The van der Waals surface area contributed by atoms with Crippen LogP contribution in [0, 0.1) is 6.92 Å². The molecule has 0 saturated carbocycles. The van der Waals surface area contributed by atoms with Gasteiger partial charge in [-0.05, 0) is 25.5 Å². The van der Waals surface area contributed by atoms with Crippen molar-refractivity contribution in [1.29, 1.82) is 0 Å². The molecule has 5 nitrogen and oxygen atoms in total. The fourth-order valence-corrected chi connectivity index (χ4v) is 1.97. The lowest BCUT2D eigenvalue weighted by molar-refractivity contribution is 0.102. The number of unbranched alkanes of at least 4 members (excludes halogenated alkanes) is 1. The summed E-state index contributed by atoms with van der Waals surface area (Å²) in [5.74, 6) is 0.437. The van der Waals surface area contributed by atoms with Gasteiger partial charge in [-0.15, -0.1) is 0 Å². The Morgan fingerprint density at radius 3 is 2.41 bits per heavy atom. The van der Waals surface area contributed by atoms with Crippen molar-refractivity contribution >= 4 is 17.5 Å². The minimum Gasteiger partial charge on any atom is -0.344 e. The van der Waals surface area contributed by atoms with Gasteiger partial charge in [0.2, 0.25) is 5.95 Å². The number of hydrogen-bond donors (Lipinski definition) is 1. The van der Waals surface area contributed by atoms with Crippen molar-refractivity contribution in [3.05, 3.63) is 47.8 Å². The number of aromatic nitrogens is 2. The summed E-state index contributed by atoms with van der Waals surface area (Å²) in [5, 5.41) is 2.84. The third-order valence-electron chi connectivity index (χ3n) is 3.40. The SMILES string of the molecule is CCCCN(C)c1ncc(C(=O)Nc2ccc(C)cc2)cn1. The number of anilines is 2. The highest BCUT2D eigenvalue weighted by atomic mass is 16.1. The summed E-state index contributed by atoms with van der Waals surface area (Å²) in [6, 6.07) is 7.66. The minimum absolute atomic E-state index is 0.202. The van der Waals surface area contributed by atoms with Crippen LogP contribution in [0.15, 0.2) is 36.7 Å². The predicted molar refractivity (Wildman–Crippen MR) is 89.3 cm³/mol. The van der Waals surface area contributed by atoms with Crippen molar-refractivity contribution in [3.63, 3.8) is 0 Å². The van der Waals surface area contributed by atoms with Gasteiger partial charge in [0.15, 0.2) is 0 Å². The number of carbonyl (C=O) groups is 1. The Hall–Kier alpha value is -2.43. The number of nitrogens with zero attached hydrogens (tertiary/aromatic N) is 3. The molecule has 5 heteroatoms. The Morgan fingerprint density at radius 2 is 1.82 bits per heavy atom. The Morgan fingerprint density at radius 1 is 1.18 bits per heavy atom. The molecule has 2 rings (SSSR count). The van der Waals surface area contributed by atoms with E-state index in [1.165, 1.54) is 0 Å². The molecule has 0 aliphatic heterocycles. The highest BCUT2D eigenvalue weighted by Gasteiger charge is 2.09. The summed E-state index contributed by atoms with van der Waals surface area (Å²) < 4.78 is 0. The average Bonchev–Trinajstić information content (AvgIpc) is 2.55. The smallest absolute Gasteiger partial charge is 0.258 e. The first-order valence-corrected chi connectivity index (χ1v) is 7.51. The van der Waals surface area contributed by atoms with Crippen molar-refractivity contribution in [3.8, 4) is 0 Å². The fraction of sp³-hybridized carbons (Fsp3) is 0.353. The lowest BCUT2D eigenvalue weighted by Crippen LogP contribution is -2.21. The first-order chi connectivity index (χ1) is 10.6. The number of aryl methyl sites for hydroxylation is 1. The lowest BCUT2D eigenvalue weighted by atomic mass is 10.2. The molecular weight excluding hydrogens is 276 g/mol. The van der Waals surface area contributed by atoms with Gasteiger partial charge >= 0.3 is 0 Å². The largest absolute Gasteiger partial charge is 0.344 e. The maximum absolute atomic E-state index is 12.1. The molecule has 1 heterocycles. The molecule has 116 valence electrons. The van der Waals surface area contributed by atoms with E-state index in [-0.39, 0.29) is 5.91 Å². The topological polar surface area (TPSA) is 58.1 Å². The molecule has 0 bridgehead atoms. The summed E-state index contributed by atoms with van der Waals surface area (Å²) >= 11 is 0. The number of carbonyl (C=O) groups excluding carboxylic acids is 1. The van der Waals surface area contributed by atoms with Gasteiger partial charge in [0.25, 0.3) is 5.91 Å². The Balaban J connectivity index is 2.00. The van der Waals surface area contributed by atoms with E-state index in [1.54, 1.807) is 12.4 Å². The third-order valence-corrected chi connectivity index (χ3v) is 3.40. The zero-order chi connectivity index (χ0) is 15.9. The molecule has 0 radical (unpaired) electrons. The molecule has 0 aliphatic rings. The quantitative estimate of drug-likeness (QED) is 0.889. The predicted octanol–water partition coefficient (Wildman–Crippen LogP) is 3.27. The maximum atomic E-state index is 12.1. The number of nitrogens with one attached hydrogen (secondary N) is 1. The van der Waals surface area contributed by atoms with Crippen molar-refractivity contribution in [2.75, 3.05) is 23.8 Å². The first-order valence-electron chi connectivity index (χ1n) is 7.51. The van der Waals surface area contributed by atoms with E-state index < -0.39 is 0 Å². The third kappa shape index (κ3) is 4.28. The minimum atomic E-state index is -0.202. The van der Waals surface area contributed by atoms with Crippen LogP contribution < -0.4 is 10.2 Å². The van der Waals surface area contributed by atoms with E-state index in [9.17, 15) is 4.79 Å². The van der Waals surface area contributed by atoms with Gasteiger partial charge in [-0.3, -0.25) is 4.79 Å². The summed E-state index contributed by atoms with van der Waals surface area (Å²) in [7, 11) is 1.96. The van der Waals surface area contributed by atoms with Crippen LogP contribution in [0.1, 0.15) is 35.7 Å². The average molecular weight is 298 g/mol. The van der Waals surface area contributed by atoms with E-state index in [2.05, 4.69) is 22.2 Å². The zero-order valence-corrected chi connectivity index (χ0v) is 13.3. The summed E-state index contributed by atoms with van der Waals surface area (Å²) in [4.78, 5) is 22.7.